The van der Waals surface area contributed by atoms with Gasteiger partial charge in [-0.25, -0.2) is 4.79 Å². The molecule has 1 rings (SSSR count). The van der Waals surface area contributed by atoms with Gasteiger partial charge in [-0.1, -0.05) is 25.1 Å². The number of ether oxygens (including phenoxy) is 1. The smallest absolute Gasteiger partial charge is 0.328 e. The van der Waals surface area contributed by atoms with Gasteiger partial charge in [0.05, 0.1) is 0 Å². The molecule has 0 amide bonds. The largest absolute Gasteiger partial charge is 0.425 e. The maximum absolute atomic E-state index is 11.2. The summed E-state index contributed by atoms with van der Waals surface area (Å²) in [5.74, 6) is 0.158. The SMILES string of the molecule is CCC(N)C(=O)Oc1ccccc1. The quantitative estimate of drug-likeness (QED) is 0.562. The van der Waals surface area contributed by atoms with Gasteiger partial charge >= 0.3 is 5.97 Å². The number of rotatable bonds is 3. The first kappa shape index (κ1) is 9.74. The number of carbonyl (C=O) groups excluding carboxylic acids is 1. The van der Waals surface area contributed by atoms with E-state index in [1.54, 1.807) is 24.3 Å². The molecule has 1 atom stereocenters. The number of esters is 1. The average molecular weight is 179 g/mol. The Hall–Kier alpha value is -1.35. The van der Waals surface area contributed by atoms with Gasteiger partial charge < -0.3 is 10.5 Å². The second-order valence-electron chi connectivity index (χ2n) is 2.75. The van der Waals surface area contributed by atoms with E-state index in [1.807, 2.05) is 13.0 Å². The maximum atomic E-state index is 11.2. The molecule has 2 N–H and O–H groups in total. The van der Waals surface area contributed by atoms with E-state index in [0.717, 1.165) is 0 Å². The second kappa shape index (κ2) is 4.62. The van der Waals surface area contributed by atoms with E-state index >= 15 is 0 Å². The lowest BCUT2D eigenvalue weighted by molar-refractivity contribution is -0.135. The molecule has 0 aliphatic heterocycles. The van der Waals surface area contributed by atoms with Crippen molar-refractivity contribution in [1.82, 2.24) is 0 Å². The zero-order valence-electron chi connectivity index (χ0n) is 7.57. The molecule has 0 aliphatic carbocycles. The molecule has 0 saturated carbocycles. The molecule has 0 aliphatic rings. The summed E-state index contributed by atoms with van der Waals surface area (Å²) < 4.78 is 5.00. The molecule has 1 aromatic carbocycles. The van der Waals surface area contributed by atoms with Crippen LogP contribution in [0.25, 0.3) is 0 Å². The highest BCUT2D eigenvalue weighted by atomic mass is 16.5. The summed E-state index contributed by atoms with van der Waals surface area (Å²) in [7, 11) is 0. The van der Waals surface area contributed by atoms with Crippen LogP contribution in [0.4, 0.5) is 0 Å². The van der Waals surface area contributed by atoms with Gasteiger partial charge in [-0.3, -0.25) is 0 Å². The van der Waals surface area contributed by atoms with Crippen molar-refractivity contribution in [2.75, 3.05) is 0 Å². The van der Waals surface area contributed by atoms with Gasteiger partial charge in [0.1, 0.15) is 11.8 Å². The van der Waals surface area contributed by atoms with Crippen molar-refractivity contribution in [3.05, 3.63) is 30.3 Å². The van der Waals surface area contributed by atoms with Crippen molar-refractivity contribution in [1.29, 1.82) is 0 Å². The summed E-state index contributed by atoms with van der Waals surface area (Å²) in [5, 5.41) is 0. The molecule has 3 heteroatoms. The van der Waals surface area contributed by atoms with Gasteiger partial charge in [-0.2, -0.15) is 0 Å². The highest BCUT2D eigenvalue weighted by Gasteiger charge is 2.12. The van der Waals surface area contributed by atoms with E-state index < -0.39 is 6.04 Å². The lowest BCUT2D eigenvalue weighted by Gasteiger charge is -2.08. The van der Waals surface area contributed by atoms with Gasteiger partial charge in [0.2, 0.25) is 0 Å². The zero-order chi connectivity index (χ0) is 9.68. The maximum Gasteiger partial charge on any atom is 0.328 e. The Morgan fingerprint density at radius 2 is 2.08 bits per heavy atom. The minimum Gasteiger partial charge on any atom is -0.425 e. The van der Waals surface area contributed by atoms with Gasteiger partial charge in [-0.15, -0.1) is 0 Å². The van der Waals surface area contributed by atoms with Gasteiger partial charge in [0.15, 0.2) is 0 Å². The van der Waals surface area contributed by atoms with Crippen LogP contribution in [0.15, 0.2) is 30.3 Å². The lowest BCUT2D eigenvalue weighted by Crippen LogP contribution is -2.33. The predicted molar refractivity (Wildman–Crippen MR) is 50.3 cm³/mol. The summed E-state index contributed by atoms with van der Waals surface area (Å²) >= 11 is 0. The minimum atomic E-state index is -0.528. The third-order valence-electron chi connectivity index (χ3n) is 1.70. The standard InChI is InChI=1S/C10H13NO2/c1-2-9(11)10(12)13-8-6-4-3-5-7-8/h3-7,9H,2,11H2,1H3. The first-order valence-electron chi connectivity index (χ1n) is 4.26. The molecule has 70 valence electrons. The molecule has 0 spiro atoms. The Morgan fingerprint density at radius 3 is 2.62 bits per heavy atom. The van der Waals surface area contributed by atoms with E-state index in [1.165, 1.54) is 0 Å². The van der Waals surface area contributed by atoms with Crippen LogP contribution in [-0.2, 0) is 4.79 Å². The Bertz CT molecular complexity index is 272. The molecule has 0 radical (unpaired) electrons. The van der Waals surface area contributed by atoms with E-state index in [9.17, 15) is 4.79 Å². The fourth-order valence-corrected chi connectivity index (χ4v) is 0.847. The Balaban J connectivity index is 2.55. The second-order valence-corrected chi connectivity index (χ2v) is 2.75. The van der Waals surface area contributed by atoms with Crippen molar-refractivity contribution >= 4 is 5.97 Å². The normalized spacial score (nSPS) is 12.2. The lowest BCUT2D eigenvalue weighted by atomic mass is 10.2. The Labute approximate surface area is 77.5 Å². The summed E-state index contributed by atoms with van der Waals surface area (Å²) in [6.07, 6.45) is 0.589. The van der Waals surface area contributed by atoms with Gasteiger partial charge in [-0.05, 0) is 18.6 Å². The van der Waals surface area contributed by atoms with Crippen molar-refractivity contribution in [3.8, 4) is 5.75 Å². The first-order chi connectivity index (χ1) is 6.24. The van der Waals surface area contributed by atoms with Crippen LogP contribution in [-0.4, -0.2) is 12.0 Å². The van der Waals surface area contributed by atoms with Crippen molar-refractivity contribution in [3.63, 3.8) is 0 Å². The summed E-state index contributed by atoms with van der Waals surface area (Å²) in [5.41, 5.74) is 5.49. The number of hydrogen-bond donors (Lipinski definition) is 1. The monoisotopic (exact) mass is 179 g/mol. The molecule has 0 bridgehead atoms. The highest BCUT2D eigenvalue weighted by Crippen LogP contribution is 2.09. The van der Waals surface area contributed by atoms with Crippen LogP contribution < -0.4 is 10.5 Å². The molecule has 1 aromatic rings. The third-order valence-corrected chi connectivity index (χ3v) is 1.70. The van der Waals surface area contributed by atoms with E-state index in [4.69, 9.17) is 10.5 Å². The number of benzene rings is 1. The highest BCUT2D eigenvalue weighted by molar-refractivity contribution is 5.77. The molecule has 0 fully saturated rings. The molecule has 1 unspecified atom stereocenters. The molecule has 0 saturated heterocycles. The van der Waals surface area contributed by atoms with E-state index in [0.29, 0.717) is 12.2 Å². The summed E-state index contributed by atoms with van der Waals surface area (Å²) in [6, 6.07) is 8.39. The fourth-order valence-electron chi connectivity index (χ4n) is 0.847. The van der Waals surface area contributed by atoms with E-state index in [-0.39, 0.29) is 5.97 Å². The van der Waals surface area contributed by atoms with Crippen LogP contribution >= 0.6 is 0 Å². The van der Waals surface area contributed by atoms with Gasteiger partial charge in [0, 0.05) is 0 Å². The molecule has 0 aromatic heterocycles. The molecule has 0 heterocycles. The molecule has 3 nitrogen and oxygen atoms in total. The Kier molecular flexibility index (Phi) is 3.46. The average Bonchev–Trinajstić information content (AvgIpc) is 2.18. The predicted octanol–water partition coefficient (Wildman–Crippen LogP) is 1.33. The Morgan fingerprint density at radius 1 is 1.46 bits per heavy atom. The van der Waals surface area contributed by atoms with Crippen LogP contribution in [0, 0.1) is 0 Å². The molecular weight excluding hydrogens is 166 g/mol. The van der Waals surface area contributed by atoms with Crippen LogP contribution in [0.2, 0.25) is 0 Å². The van der Waals surface area contributed by atoms with Gasteiger partial charge in [0.25, 0.3) is 0 Å². The third kappa shape index (κ3) is 2.87. The van der Waals surface area contributed by atoms with Crippen LogP contribution in [0.1, 0.15) is 13.3 Å². The minimum absolute atomic E-state index is 0.381. The molecular formula is C10H13NO2. The summed E-state index contributed by atoms with van der Waals surface area (Å²) in [4.78, 5) is 11.2. The van der Waals surface area contributed by atoms with Crippen LogP contribution in [0.5, 0.6) is 5.75 Å². The fraction of sp³-hybridized carbons (Fsp3) is 0.300. The van der Waals surface area contributed by atoms with E-state index in [2.05, 4.69) is 0 Å². The zero-order valence-corrected chi connectivity index (χ0v) is 7.57. The topological polar surface area (TPSA) is 52.3 Å². The number of nitrogens with two attached hydrogens (primary N) is 1. The first-order valence-corrected chi connectivity index (χ1v) is 4.26. The van der Waals surface area contributed by atoms with Crippen LogP contribution in [0.3, 0.4) is 0 Å². The summed E-state index contributed by atoms with van der Waals surface area (Å²) in [6.45, 7) is 1.84. The number of hydrogen-bond acceptors (Lipinski definition) is 3. The van der Waals surface area contributed by atoms with Crippen molar-refractivity contribution in [2.45, 2.75) is 19.4 Å². The van der Waals surface area contributed by atoms with Crippen molar-refractivity contribution in [2.24, 2.45) is 5.73 Å². The molecule has 13 heavy (non-hydrogen) atoms. The number of para-hydroxylation sites is 1. The van der Waals surface area contributed by atoms with Crippen molar-refractivity contribution < 1.29 is 9.53 Å². The number of carbonyl (C=O) groups is 1.